The summed E-state index contributed by atoms with van der Waals surface area (Å²) in [7, 11) is 1.63. The first-order valence-corrected chi connectivity index (χ1v) is 10.3. The van der Waals surface area contributed by atoms with E-state index in [0.29, 0.717) is 30.4 Å². The quantitative estimate of drug-likeness (QED) is 0.626. The van der Waals surface area contributed by atoms with Gasteiger partial charge in [0.1, 0.15) is 11.6 Å². The fourth-order valence-electron chi connectivity index (χ4n) is 3.66. The highest BCUT2D eigenvalue weighted by atomic mass is 19.1. The Morgan fingerprint density at radius 3 is 2.55 bits per heavy atom. The van der Waals surface area contributed by atoms with Gasteiger partial charge in [-0.05, 0) is 67.9 Å². The van der Waals surface area contributed by atoms with Gasteiger partial charge in [-0.2, -0.15) is 4.98 Å². The van der Waals surface area contributed by atoms with Gasteiger partial charge in [0.25, 0.3) is 0 Å². The Morgan fingerprint density at radius 1 is 1.16 bits per heavy atom. The van der Waals surface area contributed by atoms with Crippen LogP contribution in [0.1, 0.15) is 24.3 Å². The summed E-state index contributed by atoms with van der Waals surface area (Å²) < 4.78 is 23.6. The van der Waals surface area contributed by atoms with Gasteiger partial charge < -0.3 is 14.6 Å². The van der Waals surface area contributed by atoms with Crippen molar-refractivity contribution >= 4 is 5.91 Å². The number of nitrogens with one attached hydrogen (secondary N) is 1. The average Bonchev–Trinajstić information content (AvgIpc) is 3.27. The minimum absolute atomic E-state index is 0.00644. The number of carbonyl (C=O) groups is 1. The van der Waals surface area contributed by atoms with E-state index in [1.165, 1.54) is 12.1 Å². The minimum Gasteiger partial charge on any atom is -0.497 e. The van der Waals surface area contributed by atoms with E-state index in [-0.39, 0.29) is 17.6 Å². The maximum Gasteiger partial charge on any atom is 0.241 e. The van der Waals surface area contributed by atoms with E-state index in [2.05, 4.69) is 20.4 Å². The number of piperidine rings is 1. The van der Waals surface area contributed by atoms with Gasteiger partial charge in [-0.1, -0.05) is 17.3 Å². The Morgan fingerprint density at radius 2 is 1.87 bits per heavy atom. The molecule has 0 saturated carbocycles. The number of halogens is 1. The fourth-order valence-corrected chi connectivity index (χ4v) is 3.66. The van der Waals surface area contributed by atoms with Crippen LogP contribution in [0.3, 0.4) is 0 Å². The molecule has 1 saturated heterocycles. The molecule has 8 heteroatoms. The standard InChI is InChI=1S/C23H25FN4O3/c1-30-20-8-2-16(3-9-20)14-25-23(29)18-10-12-28(13-11-18)15-21-26-22(27-31-21)17-4-6-19(24)7-5-17/h2-9,18H,10-15H2,1H3,(H,25,29). The number of nitrogens with zero attached hydrogens (tertiary/aromatic N) is 3. The number of carbonyl (C=O) groups excluding carboxylic acids is 1. The third-order valence-electron chi connectivity index (χ3n) is 5.51. The average molecular weight is 424 g/mol. The lowest BCUT2D eigenvalue weighted by Crippen LogP contribution is -2.40. The van der Waals surface area contributed by atoms with Crippen molar-refractivity contribution in [2.75, 3.05) is 20.2 Å². The van der Waals surface area contributed by atoms with Crippen LogP contribution in [0.25, 0.3) is 11.4 Å². The van der Waals surface area contributed by atoms with Gasteiger partial charge >= 0.3 is 0 Å². The lowest BCUT2D eigenvalue weighted by Gasteiger charge is -2.30. The Labute approximate surface area is 180 Å². The SMILES string of the molecule is COc1ccc(CNC(=O)C2CCN(Cc3nc(-c4ccc(F)cc4)no3)CC2)cc1. The summed E-state index contributed by atoms with van der Waals surface area (Å²) in [6, 6.07) is 13.7. The number of hydrogen-bond donors (Lipinski definition) is 1. The molecule has 0 unspecified atom stereocenters. The molecule has 0 spiro atoms. The maximum absolute atomic E-state index is 13.1. The largest absolute Gasteiger partial charge is 0.497 e. The molecule has 0 atom stereocenters. The van der Waals surface area contributed by atoms with Crippen molar-refractivity contribution in [3.05, 3.63) is 65.8 Å². The number of rotatable bonds is 7. The van der Waals surface area contributed by atoms with E-state index in [1.807, 2.05) is 24.3 Å². The van der Waals surface area contributed by atoms with Crippen LogP contribution in [0.15, 0.2) is 53.1 Å². The predicted octanol–water partition coefficient (Wildman–Crippen LogP) is 3.41. The van der Waals surface area contributed by atoms with Crippen LogP contribution in [0.4, 0.5) is 4.39 Å². The summed E-state index contributed by atoms with van der Waals surface area (Å²) >= 11 is 0. The molecule has 3 aromatic rings. The molecule has 2 aromatic carbocycles. The molecule has 1 fully saturated rings. The minimum atomic E-state index is -0.302. The van der Waals surface area contributed by atoms with Gasteiger partial charge in [0.15, 0.2) is 0 Å². The van der Waals surface area contributed by atoms with E-state index in [1.54, 1.807) is 19.2 Å². The van der Waals surface area contributed by atoms with Gasteiger partial charge in [0, 0.05) is 18.0 Å². The van der Waals surface area contributed by atoms with E-state index in [9.17, 15) is 9.18 Å². The molecule has 4 rings (SSSR count). The highest BCUT2D eigenvalue weighted by Gasteiger charge is 2.26. The van der Waals surface area contributed by atoms with Crippen molar-refractivity contribution in [1.29, 1.82) is 0 Å². The van der Waals surface area contributed by atoms with Crippen molar-refractivity contribution in [2.45, 2.75) is 25.9 Å². The number of likely N-dealkylation sites (tertiary alicyclic amines) is 1. The first kappa shape index (κ1) is 21.0. The lowest BCUT2D eigenvalue weighted by atomic mass is 9.96. The number of hydrogen-bond acceptors (Lipinski definition) is 6. The third kappa shape index (κ3) is 5.46. The smallest absolute Gasteiger partial charge is 0.241 e. The highest BCUT2D eigenvalue weighted by molar-refractivity contribution is 5.78. The molecule has 7 nitrogen and oxygen atoms in total. The first-order chi connectivity index (χ1) is 15.1. The van der Waals surface area contributed by atoms with Crippen LogP contribution >= 0.6 is 0 Å². The van der Waals surface area contributed by atoms with Gasteiger partial charge in [-0.15, -0.1) is 0 Å². The van der Waals surface area contributed by atoms with Crippen LogP contribution in [0.5, 0.6) is 5.75 Å². The fraction of sp³-hybridized carbons (Fsp3) is 0.348. The summed E-state index contributed by atoms with van der Waals surface area (Å²) in [5.41, 5.74) is 1.75. The Kier molecular flexibility index (Phi) is 6.57. The monoisotopic (exact) mass is 424 g/mol. The molecular weight excluding hydrogens is 399 g/mol. The summed E-state index contributed by atoms with van der Waals surface area (Å²) in [5.74, 6) is 1.56. The van der Waals surface area contributed by atoms with Crippen molar-refractivity contribution in [3.8, 4) is 17.1 Å². The van der Waals surface area contributed by atoms with Gasteiger partial charge in [0.2, 0.25) is 17.6 Å². The third-order valence-corrected chi connectivity index (χ3v) is 5.51. The van der Waals surface area contributed by atoms with Gasteiger partial charge in [-0.3, -0.25) is 9.69 Å². The summed E-state index contributed by atoms with van der Waals surface area (Å²) in [4.78, 5) is 19.1. The van der Waals surface area contributed by atoms with Gasteiger partial charge in [0.05, 0.1) is 13.7 Å². The second-order valence-corrected chi connectivity index (χ2v) is 7.63. The number of methoxy groups -OCH3 is 1. The Bertz CT molecular complexity index is 996. The molecule has 162 valence electrons. The van der Waals surface area contributed by atoms with Crippen LogP contribution in [-0.2, 0) is 17.9 Å². The first-order valence-electron chi connectivity index (χ1n) is 10.3. The summed E-state index contributed by atoms with van der Waals surface area (Å²) in [5, 5.41) is 7.01. The zero-order chi connectivity index (χ0) is 21.6. The number of ether oxygens (including phenoxy) is 1. The number of benzene rings is 2. The van der Waals surface area contributed by atoms with E-state index >= 15 is 0 Å². The predicted molar refractivity (Wildman–Crippen MR) is 113 cm³/mol. The van der Waals surface area contributed by atoms with Crippen LogP contribution in [0, 0.1) is 11.7 Å². The van der Waals surface area contributed by atoms with Crippen molar-refractivity contribution in [2.24, 2.45) is 5.92 Å². The molecule has 2 heterocycles. The highest BCUT2D eigenvalue weighted by Crippen LogP contribution is 2.21. The number of amides is 1. The van der Waals surface area contributed by atoms with E-state index in [0.717, 1.165) is 37.2 Å². The Balaban J connectivity index is 1.23. The van der Waals surface area contributed by atoms with Crippen molar-refractivity contribution in [1.82, 2.24) is 20.4 Å². The van der Waals surface area contributed by atoms with Gasteiger partial charge in [-0.25, -0.2) is 4.39 Å². The molecule has 0 bridgehead atoms. The van der Waals surface area contributed by atoms with Crippen molar-refractivity contribution < 1.29 is 18.4 Å². The van der Waals surface area contributed by atoms with Crippen LogP contribution in [0.2, 0.25) is 0 Å². The Hall–Kier alpha value is -3.26. The zero-order valence-electron chi connectivity index (χ0n) is 17.4. The molecular formula is C23H25FN4O3. The second-order valence-electron chi connectivity index (χ2n) is 7.63. The molecule has 1 aliphatic rings. The summed E-state index contributed by atoms with van der Waals surface area (Å²) in [6.45, 7) is 2.62. The van der Waals surface area contributed by atoms with Crippen molar-refractivity contribution in [3.63, 3.8) is 0 Å². The lowest BCUT2D eigenvalue weighted by molar-refractivity contribution is -0.126. The van der Waals surface area contributed by atoms with Crippen LogP contribution < -0.4 is 10.1 Å². The summed E-state index contributed by atoms with van der Waals surface area (Å²) in [6.07, 6.45) is 1.57. The molecule has 0 radical (unpaired) electrons. The molecule has 1 aromatic heterocycles. The van der Waals surface area contributed by atoms with E-state index in [4.69, 9.17) is 9.26 Å². The molecule has 1 amide bonds. The second kappa shape index (κ2) is 9.70. The number of aromatic nitrogens is 2. The topological polar surface area (TPSA) is 80.5 Å². The molecule has 0 aliphatic carbocycles. The molecule has 31 heavy (non-hydrogen) atoms. The normalized spacial score (nSPS) is 15.0. The van der Waals surface area contributed by atoms with E-state index < -0.39 is 0 Å². The molecule has 1 N–H and O–H groups in total. The molecule has 1 aliphatic heterocycles. The van der Waals surface area contributed by atoms with Crippen LogP contribution in [-0.4, -0.2) is 41.1 Å². The zero-order valence-corrected chi connectivity index (χ0v) is 17.4. The maximum atomic E-state index is 13.1.